The van der Waals surface area contributed by atoms with E-state index < -0.39 is 57.4 Å². The molecule has 0 unspecified atom stereocenters. The number of rotatable bonds is 15. The molecule has 5 N–H and O–H groups in total. The van der Waals surface area contributed by atoms with Crippen molar-refractivity contribution in [1.82, 2.24) is 0 Å². The molecule has 3 rings (SSSR count). The van der Waals surface area contributed by atoms with E-state index in [2.05, 4.69) is 20.5 Å². The van der Waals surface area contributed by atoms with Crippen LogP contribution in [0.15, 0.2) is 73.9 Å². The highest BCUT2D eigenvalue weighted by molar-refractivity contribution is 7.86. The highest BCUT2D eigenvalue weighted by Crippen LogP contribution is 2.38. The van der Waals surface area contributed by atoms with Gasteiger partial charge in [-0.05, 0) is 62.1 Å². The van der Waals surface area contributed by atoms with E-state index in [-0.39, 0.29) is 60.3 Å². The van der Waals surface area contributed by atoms with Crippen LogP contribution in [0.3, 0.4) is 0 Å². The standard InChI is InChI=1S/C26H31N5O11S3.O3S/c1-17-13-19(27)24(41-9-5-11-43(32,33)34)15-21(17)30-31-23-14-18(2)22(16-25(23)42-10-6-12-44(35,36)37)29-28-20-7-3-4-8-26(20)45(38,39)40;1-4(2)3/h3-4,7-8,13-16H,5-6,9-12,27H2,1-2H3,(H,32,33,34)(H,35,36,37)(H,38,39,40);. The molecule has 0 fully saturated rings. The van der Waals surface area contributed by atoms with Crippen molar-refractivity contribution in [3.8, 4) is 11.5 Å². The second-order valence-corrected chi connectivity index (χ2v) is 14.7. The topological polar surface area (TPSA) is 308 Å². The summed E-state index contributed by atoms with van der Waals surface area (Å²) in [5, 5.41) is 16.6. The Morgan fingerprint density at radius 3 is 1.59 bits per heavy atom. The predicted molar refractivity (Wildman–Crippen MR) is 174 cm³/mol. The summed E-state index contributed by atoms with van der Waals surface area (Å²) in [5.74, 6) is -0.720. The number of nitrogen functional groups attached to an aromatic ring is 1. The van der Waals surface area contributed by atoms with Crippen molar-refractivity contribution in [1.29, 1.82) is 0 Å². The van der Waals surface area contributed by atoms with Crippen molar-refractivity contribution in [2.24, 2.45) is 20.5 Å². The SMILES string of the molecule is Cc1cc(N)c(OCCCS(=O)(=O)O)cc1N=Nc1cc(C)c(N=Nc2ccccc2S(=O)(=O)O)cc1OCCCS(=O)(=O)O.O=S(=O)=O. The molecule has 0 saturated carbocycles. The molecule has 0 bridgehead atoms. The zero-order valence-electron chi connectivity index (χ0n) is 25.7. The van der Waals surface area contributed by atoms with Gasteiger partial charge in [-0.2, -0.15) is 35.5 Å². The lowest BCUT2D eigenvalue weighted by atomic mass is 10.1. The molecule has 0 spiro atoms. The van der Waals surface area contributed by atoms with E-state index in [1.165, 1.54) is 36.4 Å². The Balaban J connectivity index is 0.00000197. The fourth-order valence-electron chi connectivity index (χ4n) is 3.72. The summed E-state index contributed by atoms with van der Waals surface area (Å²) in [6, 6.07) is 11.5. The van der Waals surface area contributed by atoms with Crippen LogP contribution in [-0.2, 0) is 41.0 Å². The average molecular weight is 766 g/mol. The number of hydrogen-bond acceptors (Lipinski definition) is 16. The molecule has 0 aliphatic heterocycles. The van der Waals surface area contributed by atoms with Crippen molar-refractivity contribution >= 4 is 69.4 Å². The molecule has 0 atom stereocenters. The van der Waals surface area contributed by atoms with Gasteiger partial charge in [0.25, 0.3) is 30.4 Å². The number of nitrogens with two attached hydrogens (primary N) is 1. The molecule has 3 aromatic rings. The molecule has 0 heterocycles. The number of hydrogen-bond donors (Lipinski definition) is 4. The molecule has 0 aliphatic carbocycles. The zero-order valence-corrected chi connectivity index (χ0v) is 29.0. The van der Waals surface area contributed by atoms with E-state index in [0.29, 0.717) is 16.8 Å². The van der Waals surface area contributed by atoms with Crippen LogP contribution < -0.4 is 15.2 Å². The minimum absolute atomic E-state index is 0.0195. The third kappa shape index (κ3) is 15.1. The molecule has 0 radical (unpaired) electrons. The summed E-state index contributed by atoms with van der Waals surface area (Å²) in [7, 11) is -16.0. The molecule has 0 saturated heterocycles. The monoisotopic (exact) mass is 765 g/mol. The third-order valence-corrected chi connectivity index (χ3v) is 8.40. The Morgan fingerprint density at radius 2 is 1.08 bits per heavy atom. The molecule has 23 heteroatoms. The van der Waals surface area contributed by atoms with Crippen LogP contribution in [0, 0.1) is 13.8 Å². The Hall–Kier alpha value is -4.39. The second-order valence-electron chi connectivity index (χ2n) is 9.81. The van der Waals surface area contributed by atoms with Gasteiger partial charge in [0, 0.05) is 12.1 Å². The summed E-state index contributed by atoms with van der Waals surface area (Å²) >= 11 is 0. The molecule has 19 nitrogen and oxygen atoms in total. The maximum atomic E-state index is 11.7. The number of nitrogens with zero attached hydrogens (tertiary/aromatic N) is 4. The largest absolute Gasteiger partial charge is 0.491 e. The molecular weight excluding hydrogens is 735 g/mol. The highest BCUT2D eigenvalue weighted by atomic mass is 32.2. The number of benzene rings is 3. The Kier molecular flexibility index (Phi) is 14.9. The van der Waals surface area contributed by atoms with Crippen molar-refractivity contribution in [2.75, 3.05) is 30.5 Å². The summed E-state index contributed by atoms with van der Waals surface area (Å²) in [5.41, 5.74) is 8.07. The first kappa shape index (κ1) is 40.8. The smallest absolute Gasteiger partial charge is 0.425 e. The number of ether oxygens (including phenoxy) is 2. The summed E-state index contributed by atoms with van der Waals surface area (Å²) in [6.45, 7) is 3.20. The van der Waals surface area contributed by atoms with E-state index in [9.17, 15) is 29.8 Å². The number of azo groups is 2. The van der Waals surface area contributed by atoms with Crippen LogP contribution in [0.4, 0.5) is 28.4 Å². The Labute approximate surface area is 283 Å². The van der Waals surface area contributed by atoms with Gasteiger partial charge in [-0.1, -0.05) is 12.1 Å². The summed E-state index contributed by atoms with van der Waals surface area (Å²) < 4.78 is 132. The van der Waals surface area contributed by atoms with Crippen LogP contribution in [0.2, 0.25) is 0 Å². The fraction of sp³-hybridized carbons (Fsp3) is 0.308. The van der Waals surface area contributed by atoms with Gasteiger partial charge in [0.2, 0.25) is 0 Å². The second kappa shape index (κ2) is 17.8. The Bertz CT molecular complexity index is 2150. The van der Waals surface area contributed by atoms with Crippen molar-refractivity contribution < 1.29 is 61.0 Å². The number of anilines is 1. The van der Waals surface area contributed by atoms with Gasteiger partial charge in [-0.25, -0.2) is 0 Å². The first-order valence-electron chi connectivity index (χ1n) is 13.5. The van der Waals surface area contributed by atoms with E-state index in [0.717, 1.165) is 0 Å². The van der Waals surface area contributed by atoms with E-state index in [1.807, 2.05) is 0 Å². The van der Waals surface area contributed by atoms with Crippen LogP contribution in [0.1, 0.15) is 24.0 Å². The first-order chi connectivity index (χ1) is 22.7. The molecule has 0 aromatic heterocycles. The lowest BCUT2D eigenvalue weighted by Crippen LogP contribution is -2.09. The predicted octanol–water partition coefficient (Wildman–Crippen LogP) is 4.27. The van der Waals surface area contributed by atoms with Gasteiger partial charge in [-0.15, -0.1) is 22.9 Å². The molecule has 0 amide bonds. The molecule has 3 aromatic carbocycles. The molecule has 49 heavy (non-hydrogen) atoms. The zero-order chi connectivity index (χ0) is 37.0. The van der Waals surface area contributed by atoms with Gasteiger partial charge < -0.3 is 15.2 Å². The van der Waals surface area contributed by atoms with Crippen molar-refractivity contribution in [3.05, 3.63) is 59.7 Å². The van der Waals surface area contributed by atoms with Crippen molar-refractivity contribution in [2.45, 2.75) is 31.6 Å². The minimum atomic E-state index is -4.57. The summed E-state index contributed by atoms with van der Waals surface area (Å²) in [6.07, 6.45) is -0.0388. The van der Waals surface area contributed by atoms with Gasteiger partial charge in [-0.3, -0.25) is 13.7 Å². The lowest BCUT2D eigenvalue weighted by Gasteiger charge is -2.12. The fourth-order valence-corrected chi connectivity index (χ4v) is 5.31. The minimum Gasteiger partial charge on any atom is -0.491 e. The van der Waals surface area contributed by atoms with E-state index in [4.69, 9.17) is 36.9 Å². The van der Waals surface area contributed by atoms with E-state index in [1.54, 1.807) is 26.0 Å². The first-order valence-corrected chi connectivity index (χ1v) is 19.2. The number of aryl methyl sites for hydroxylation is 2. The van der Waals surface area contributed by atoms with Crippen LogP contribution in [0.5, 0.6) is 11.5 Å². The molecule has 0 aliphatic rings. The summed E-state index contributed by atoms with van der Waals surface area (Å²) in [4.78, 5) is -0.445. The van der Waals surface area contributed by atoms with Crippen molar-refractivity contribution in [3.63, 3.8) is 0 Å². The molecular formula is C26H31N5O14S4. The highest BCUT2D eigenvalue weighted by Gasteiger charge is 2.16. The van der Waals surface area contributed by atoms with Gasteiger partial charge in [0.15, 0.2) is 0 Å². The maximum absolute atomic E-state index is 11.7. The quantitative estimate of drug-likeness (QED) is 0.0726. The Morgan fingerprint density at radius 1 is 0.653 bits per heavy atom. The third-order valence-electron chi connectivity index (χ3n) is 5.89. The van der Waals surface area contributed by atoms with Gasteiger partial charge >= 0.3 is 10.6 Å². The maximum Gasteiger partial charge on any atom is 0.425 e. The van der Waals surface area contributed by atoms with Crippen LogP contribution in [0.25, 0.3) is 0 Å². The average Bonchev–Trinajstić information content (AvgIpc) is 2.96. The van der Waals surface area contributed by atoms with Crippen LogP contribution in [-0.4, -0.2) is 76.3 Å². The van der Waals surface area contributed by atoms with E-state index >= 15 is 0 Å². The normalized spacial score (nSPS) is 12.1. The molecule has 268 valence electrons. The van der Waals surface area contributed by atoms with Crippen LogP contribution >= 0.6 is 0 Å². The van der Waals surface area contributed by atoms with Gasteiger partial charge in [0.05, 0.1) is 41.8 Å². The van der Waals surface area contributed by atoms with Gasteiger partial charge in [0.1, 0.15) is 27.8 Å². The lowest BCUT2D eigenvalue weighted by molar-refractivity contribution is 0.317.